The molecule has 0 radical (unpaired) electrons. The zero-order chi connectivity index (χ0) is 14.0. The molecule has 0 bridgehead atoms. The molecule has 0 N–H and O–H groups in total. The van der Waals surface area contributed by atoms with Crippen molar-refractivity contribution in [3.05, 3.63) is 29.9 Å². The lowest BCUT2D eigenvalue weighted by atomic mass is 10.0. The van der Waals surface area contributed by atoms with E-state index in [9.17, 15) is 4.79 Å². The Morgan fingerprint density at radius 3 is 2.84 bits per heavy atom. The molecule has 19 heavy (non-hydrogen) atoms. The molecule has 102 valence electrons. The van der Waals surface area contributed by atoms with Crippen LogP contribution in [-0.4, -0.2) is 33.1 Å². The van der Waals surface area contributed by atoms with Crippen molar-refractivity contribution in [3.63, 3.8) is 0 Å². The fourth-order valence-electron chi connectivity index (χ4n) is 2.04. The maximum absolute atomic E-state index is 12.0. The number of rotatable bonds is 1. The van der Waals surface area contributed by atoms with Gasteiger partial charge in [0.05, 0.1) is 17.9 Å². The van der Waals surface area contributed by atoms with Crippen molar-refractivity contribution in [1.82, 2.24) is 14.9 Å². The Kier molecular flexibility index (Phi) is 3.55. The monoisotopic (exact) mass is 261 g/mol. The van der Waals surface area contributed by atoms with Crippen molar-refractivity contribution in [2.24, 2.45) is 0 Å². The Morgan fingerprint density at radius 1 is 1.47 bits per heavy atom. The van der Waals surface area contributed by atoms with E-state index in [1.807, 2.05) is 20.8 Å². The van der Waals surface area contributed by atoms with E-state index in [2.05, 4.69) is 16.5 Å². The van der Waals surface area contributed by atoms with Crippen LogP contribution < -0.4 is 0 Å². The summed E-state index contributed by atoms with van der Waals surface area (Å²) in [6.45, 7) is 10.4. The SMILES string of the molecule is C=Cc1ncnc2c1CCN(C(=O)OC(C)(C)C)C2. The highest BCUT2D eigenvalue weighted by atomic mass is 16.6. The van der Waals surface area contributed by atoms with Gasteiger partial charge in [-0.25, -0.2) is 14.8 Å². The molecule has 2 rings (SSSR count). The van der Waals surface area contributed by atoms with Gasteiger partial charge in [0.2, 0.25) is 0 Å². The van der Waals surface area contributed by atoms with Gasteiger partial charge in [0, 0.05) is 12.1 Å². The summed E-state index contributed by atoms with van der Waals surface area (Å²) < 4.78 is 5.37. The third-order valence-corrected chi connectivity index (χ3v) is 2.89. The molecule has 0 fully saturated rings. The molecule has 0 atom stereocenters. The number of amides is 1. The Hall–Kier alpha value is -1.91. The fraction of sp³-hybridized carbons (Fsp3) is 0.500. The predicted molar refractivity (Wildman–Crippen MR) is 72.5 cm³/mol. The Morgan fingerprint density at radius 2 is 2.21 bits per heavy atom. The normalized spacial score (nSPS) is 14.8. The summed E-state index contributed by atoms with van der Waals surface area (Å²) in [6.07, 6.45) is 3.67. The first-order chi connectivity index (χ1) is 8.90. The lowest BCUT2D eigenvalue weighted by molar-refractivity contribution is 0.0220. The fourth-order valence-corrected chi connectivity index (χ4v) is 2.04. The number of hydrogen-bond acceptors (Lipinski definition) is 4. The van der Waals surface area contributed by atoms with Crippen molar-refractivity contribution in [1.29, 1.82) is 0 Å². The van der Waals surface area contributed by atoms with Crippen LogP contribution in [0.25, 0.3) is 6.08 Å². The molecule has 1 aliphatic heterocycles. The molecular formula is C14H19N3O2. The van der Waals surface area contributed by atoms with Gasteiger partial charge in [-0.1, -0.05) is 6.58 Å². The largest absolute Gasteiger partial charge is 0.444 e. The van der Waals surface area contributed by atoms with Crippen LogP contribution in [0.3, 0.4) is 0 Å². The number of aromatic nitrogens is 2. The standard InChI is InChI=1S/C14H19N3O2/c1-5-11-10-6-7-17(8-12(10)16-9-15-11)13(18)19-14(2,3)4/h5,9H,1,6-8H2,2-4H3. The van der Waals surface area contributed by atoms with Crippen molar-refractivity contribution < 1.29 is 9.53 Å². The van der Waals surface area contributed by atoms with Gasteiger partial charge in [-0.3, -0.25) is 0 Å². The van der Waals surface area contributed by atoms with E-state index in [0.717, 1.165) is 23.4 Å². The van der Waals surface area contributed by atoms with Crippen LogP contribution >= 0.6 is 0 Å². The third kappa shape index (κ3) is 3.10. The van der Waals surface area contributed by atoms with Crippen LogP contribution in [0.5, 0.6) is 0 Å². The highest BCUT2D eigenvalue weighted by molar-refractivity contribution is 5.68. The molecule has 1 amide bonds. The smallest absolute Gasteiger partial charge is 0.410 e. The number of hydrogen-bond donors (Lipinski definition) is 0. The first kappa shape index (κ1) is 13.5. The number of fused-ring (bicyclic) bond motifs is 1. The Bertz CT molecular complexity index is 506. The van der Waals surface area contributed by atoms with Gasteiger partial charge in [0.25, 0.3) is 0 Å². The summed E-state index contributed by atoms with van der Waals surface area (Å²) in [5, 5.41) is 0. The van der Waals surface area contributed by atoms with E-state index in [4.69, 9.17) is 4.74 Å². The van der Waals surface area contributed by atoms with Crippen molar-refractivity contribution >= 4 is 12.2 Å². The molecule has 0 unspecified atom stereocenters. The van der Waals surface area contributed by atoms with Crippen LogP contribution in [-0.2, 0) is 17.7 Å². The highest BCUT2D eigenvalue weighted by Gasteiger charge is 2.27. The van der Waals surface area contributed by atoms with E-state index in [1.54, 1.807) is 11.0 Å². The van der Waals surface area contributed by atoms with Crippen LogP contribution in [0.4, 0.5) is 4.79 Å². The lowest BCUT2D eigenvalue weighted by Gasteiger charge is -2.30. The molecular weight excluding hydrogens is 242 g/mol. The number of carbonyl (C=O) groups is 1. The van der Waals surface area contributed by atoms with Crippen LogP contribution in [0.15, 0.2) is 12.9 Å². The predicted octanol–water partition coefficient (Wildman–Crippen LogP) is 2.41. The second kappa shape index (κ2) is 4.99. The van der Waals surface area contributed by atoms with E-state index >= 15 is 0 Å². The molecule has 5 heteroatoms. The molecule has 5 nitrogen and oxygen atoms in total. The first-order valence-electron chi connectivity index (χ1n) is 6.34. The highest BCUT2D eigenvalue weighted by Crippen LogP contribution is 2.21. The van der Waals surface area contributed by atoms with Gasteiger partial charge >= 0.3 is 6.09 Å². The van der Waals surface area contributed by atoms with Gasteiger partial charge in [-0.15, -0.1) is 0 Å². The van der Waals surface area contributed by atoms with E-state index in [0.29, 0.717) is 13.1 Å². The quantitative estimate of drug-likeness (QED) is 0.779. The average Bonchev–Trinajstić information content (AvgIpc) is 2.35. The minimum Gasteiger partial charge on any atom is -0.444 e. The maximum atomic E-state index is 12.0. The minimum absolute atomic E-state index is 0.295. The van der Waals surface area contributed by atoms with Crippen LogP contribution in [0.2, 0.25) is 0 Å². The average molecular weight is 261 g/mol. The molecule has 1 aromatic rings. The van der Waals surface area contributed by atoms with E-state index < -0.39 is 5.60 Å². The van der Waals surface area contributed by atoms with Gasteiger partial charge in [0.15, 0.2) is 0 Å². The summed E-state index contributed by atoms with van der Waals surface area (Å²) in [5.74, 6) is 0. The molecule has 0 saturated heterocycles. The van der Waals surface area contributed by atoms with Crippen molar-refractivity contribution in [3.8, 4) is 0 Å². The van der Waals surface area contributed by atoms with Crippen molar-refractivity contribution in [2.75, 3.05) is 6.54 Å². The van der Waals surface area contributed by atoms with E-state index in [-0.39, 0.29) is 6.09 Å². The van der Waals surface area contributed by atoms with Crippen molar-refractivity contribution in [2.45, 2.75) is 39.3 Å². The molecule has 0 spiro atoms. The third-order valence-electron chi connectivity index (χ3n) is 2.89. The number of ether oxygens (including phenoxy) is 1. The zero-order valence-corrected chi connectivity index (χ0v) is 11.6. The Balaban J connectivity index is 2.15. The minimum atomic E-state index is -0.477. The van der Waals surface area contributed by atoms with Crippen LogP contribution in [0.1, 0.15) is 37.7 Å². The van der Waals surface area contributed by atoms with E-state index in [1.165, 1.54) is 6.33 Å². The summed E-state index contributed by atoms with van der Waals surface area (Å²) in [4.78, 5) is 22.1. The van der Waals surface area contributed by atoms with Crippen LogP contribution in [0, 0.1) is 0 Å². The number of nitrogens with zero attached hydrogens (tertiary/aromatic N) is 3. The summed E-state index contributed by atoms with van der Waals surface area (Å²) in [7, 11) is 0. The Labute approximate surface area is 113 Å². The lowest BCUT2D eigenvalue weighted by Crippen LogP contribution is -2.40. The number of carbonyl (C=O) groups excluding carboxylic acids is 1. The zero-order valence-electron chi connectivity index (χ0n) is 11.6. The molecule has 2 heterocycles. The molecule has 1 aliphatic rings. The molecule has 0 saturated carbocycles. The second-order valence-corrected chi connectivity index (χ2v) is 5.54. The molecule has 1 aromatic heterocycles. The second-order valence-electron chi connectivity index (χ2n) is 5.54. The van der Waals surface area contributed by atoms with Gasteiger partial charge in [-0.2, -0.15) is 0 Å². The summed E-state index contributed by atoms with van der Waals surface area (Å²) in [6, 6.07) is 0. The summed E-state index contributed by atoms with van der Waals surface area (Å²) in [5.41, 5.74) is 2.34. The van der Waals surface area contributed by atoms with Gasteiger partial charge in [0.1, 0.15) is 11.9 Å². The molecule has 0 aromatic carbocycles. The van der Waals surface area contributed by atoms with Gasteiger partial charge in [-0.05, 0) is 33.3 Å². The summed E-state index contributed by atoms with van der Waals surface area (Å²) >= 11 is 0. The molecule has 0 aliphatic carbocycles. The first-order valence-corrected chi connectivity index (χ1v) is 6.34. The maximum Gasteiger partial charge on any atom is 0.410 e. The topological polar surface area (TPSA) is 55.3 Å². The van der Waals surface area contributed by atoms with Gasteiger partial charge < -0.3 is 9.64 Å².